The van der Waals surface area contributed by atoms with Crippen molar-refractivity contribution in [3.63, 3.8) is 0 Å². The minimum Gasteiger partial charge on any atom is -0.466 e. The van der Waals surface area contributed by atoms with E-state index in [2.05, 4.69) is 4.98 Å². The molecule has 0 spiro atoms. The molecule has 0 atom stereocenters. The molecule has 0 bridgehead atoms. The van der Waals surface area contributed by atoms with Gasteiger partial charge in [-0.15, -0.1) is 0 Å². The van der Waals surface area contributed by atoms with Crippen molar-refractivity contribution in [2.75, 3.05) is 6.61 Å². The van der Waals surface area contributed by atoms with Crippen molar-refractivity contribution in [2.24, 2.45) is 4.99 Å². The van der Waals surface area contributed by atoms with E-state index >= 15 is 0 Å². The smallest absolute Gasteiger partial charge is 0.306 e. The number of benzene rings is 2. The topological polar surface area (TPSA) is 51.5 Å². The molecule has 2 aromatic carbocycles. The number of aromatic nitrogens is 1. The second-order valence-corrected chi connectivity index (χ2v) is 5.98. The van der Waals surface area contributed by atoms with Crippen LogP contribution in [0.2, 0.25) is 0 Å². The fraction of sp³-hybridized carbons (Fsp3) is 0.174. The third-order valence-corrected chi connectivity index (χ3v) is 4.08. The van der Waals surface area contributed by atoms with Crippen molar-refractivity contribution in [3.05, 3.63) is 95.7 Å². The summed E-state index contributed by atoms with van der Waals surface area (Å²) in [6.45, 7) is 2.20. The van der Waals surface area contributed by atoms with Crippen molar-refractivity contribution in [3.8, 4) is 0 Å². The molecule has 27 heavy (non-hydrogen) atoms. The van der Waals surface area contributed by atoms with E-state index in [9.17, 15) is 4.79 Å². The molecule has 0 aliphatic carbocycles. The van der Waals surface area contributed by atoms with Gasteiger partial charge in [-0.3, -0.25) is 4.79 Å². The van der Waals surface area contributed by atoms with Gasteiger partial charge in [-0.05, 0) is 25.0 Å². The van der Waals surface area contributed by atoms with Crippen molar-refractivity contribution in [1.82, 2.24) is 4.98 Å². The maximum atomic E-state index is 11.7. The Kier molecular flexibility index (Phi) is 6.47. The van der Waals surface area contributed by atoms with Crippen LogP contribution in [0, 0.1) is 0 Å². The summed E-state index contributed by atoms with van der Waals surface area (Å²) >= 11 is 0. The van der Waals surface area contributed by atoms with Crippen molar-refractivity contribution >= 4 is 17.5 Å². The van der Waals surface area contributed by atoms with Crippen molar-refractivity contribution in [1.29, 1.82) is 0 Å². The molecule has 0 unspecified atom stereocenters. The lowest BCUT2D eigenvalue weighted by atomic mass is 10.0. The van der Waals surface area contributed by atoms with Gasteiger partial charge in [-0.2, -0.15) is 0 Å². The van der Waals surface area contributed by atoms with Crippen molar-refractivity contribution in [2.45, 2.75) is 19.8 Å². The number of aryl methyl sites for hydroxylation is 1. The Labute approximate surface area is 159 Å². The molecule has 3 rings (SSSR count). The number of ether oxygens (including phenoxy) is 1. The zero-order chi connectivity index (χ0) is 18.9. The Balaban J connectivity index is 1.97. The number of esters is 1. The standard InChI is InChI=1S/C23H22N2O2/c1-2-27-21(26)16-15-20-14-9-17-24-23(20)25-22(18-10-5-3-6-11-18)19-12-7-4-8-13-19/h3-14,17H,2,15-16H2,1H3. The molecule has 0 fully saturated rings. The minimum atomic E-state index is -0.206. The Bertz CT molecular complexity index is 864. The predicted octanol–water partition coefficient (Wildman–Crippen LogP) is 4.75. The molecule has 0 saturated heterocycles. The molecule has 4 heteroatoms. The first kappa shape index (κ1) is 18.5. The van der Waals surface area contributed by atoms with Crippen LogP contribution in [-0.4, -0.2) is 23.3 Å². The van der Waals surface area contributed by atoms with Crippen LogP contribution >= 0.6 is 0 Å². The maximum absolute atomic E-state index is 11.7. The van der Waals surface area contributed by atoms with Gasteiger partial charge < -0.3 is 4.74 Å². The normalized spacial score (nSPS) is 10.3. The van der Waals surface area contributed by atoms with Crippen LogP contribution in [0.3, 0.4) is 0 Å². The maximum Gasteiger partial charge on any atom is 0.306 e. The van der Waals surface area contributed by atoms with E-state index in [4.69, 9.17) is 9.73 Å². The molecule has 0 aliphatic rings. The molecule has 0 saturated carbocycles. The van der Waals surface area contributed by atoms with E-state index in [-0.39, 0.29) is 5.97 Å². The zero-order valence-electron chi connectivity index (χ0n) is 15.3. The van der Waals surface area contributed by atoms with E-state index in [0.717, 1.165) is 22.4 Å². The quantitative estimate of drug-likeness (QED) is 0.452. The second kappa shape index (κ2) is 9.43. The summed E-state index contributed by atoms with van der Waals surface area (Å²) in [7, 11) is 0. The number of nitrogens with zero attached hydrogens (tertiary/aromatic N) is 2. The molecule has 1 aromatic heterocycles. The molecular weight excluding hydrogens is 336 g/mol. The molecule has 4 nitrogen and oxygen atoms in total. The van der Waals surface area contributed by atoms with Gasteiger partial charge >= 0.3 is 5.97 Å². The van der Waals surface area contributed by atoms with E-state index in [1.807, 2.05) is 79.7 Å². The Morgan fingerprint density at radius 3 is 2.15 bits per heavy atom. The zero-order valence-corrected chi connectivity index (χ0v) is 15.3. The second-order valence-electron chi connectivity index (χ2n) is 5.98. The highest BCUT2D eigenvalue weighted by atomic mass is 16.5. The van der Waals surface area contributed by atoms with Gasteiger partial charge in [0.25, 0.3) is 0 Å². The first-order valence-electron chi connectivity index (χ1n) is 9.07. The van der Waals surface area contributed by atoms with E-state index in [0.29, 0.717) is 25.3 Å². The predicted molar refractivity (Wildman–Crippen MR) is 107 cm³/mol. The summed E-state index contributed by atoms with van der Waals surface area (Å²) in [5.74, 6) is 0.423. The minimum absolute atomic E-state index is 0.206. The van der Waals surface area contributed by atoms with E-state index in [1.165, 1.54) is 0 Å². The molecule has 0 aliphatic heterocycles. The Morgan fingerprint density at radius 1 is 0.926 bits per heavy atom. The van der Waals surface area contributed by atoms with Crippen LogP contribution in [0.4, 0.5) is 5.82 Å². The highest BCUT2D eigenvalue weighted by molar-refractivity contribution is 6.13. The number of hydrogen-bond acceptors (Lipinski definition) is 4. The van der Waals surface area contributed by atoms with Gasteiger partial charge in [0.1, 0.15) is 0 Å². The fourth-order valence-corrected chi connectivity index (χ4v) is 2.79. The summed E-state index contributed by atoms with van der Waals surface area (Å²) in [6, 6.07) is 23.9. The largest absolute Gasteiger partial charge is 0.466 e. The summed E-state index contributed by atoms with van der Waals surface area (Å²) < 4.78 is 5.03. The van der Waals surface area contributed by atoms with Gasteiger partial charge in [0.05, 0.1) is 12.3 Å². The van der Waals surface area contributed by atoms with Crippen LogP contribution in [-0.2, 0) is 16.0 Å². The summed E-state index contributed by atoms with van der Waals surface area (Å²) in [5, 5.41) is 0. The number of carbonyl (C=O) groups excluding carboxylic acids is 1. The van der Waals surface area contributed by atoms with Gasteiger partial charge in [0, 0.05) is 23.7 Å². The summed E-state index contributed by atoms with van der Waals surface area (Å²) in [5.41, 5.74) is 3.82. The van der Waals surface area contributed by atoms with Gasteiger partial charge in [0.15, 0.2) is 5.82 Å². The molecule has 3 aromatic rings. The number of pyridine rings is 1. The lowest BCUT2D eigenvalue weighted by Gasteiger charge is -2.10. The fourth-order valence-electron chi connectivity index (χ4n) is 2.79. The van der Waals surface area contributed by atoms with E-state index < -0.39 is 0 Å². The monoisotopic (exact) mass is 358 g/mol. The number of carbonyl (C=O) groups is 1. The summed E-state index contributed by atoms with van der Waals surface area (Å²) in [6.07, 6.45) is 2.58. The molecule has 0 N–H and O–H groups in total. The van der Waals surface area contributed by atoms with Gasteiger partial charge in [-0.1, -0.05) is 66.7 Å². The van der Waals surface area contributed by atoms with Gasteiger partial charge in [-0.25, -0.2) is 9.98 Å². The molecule has 0 amide bonds. The van der Waals surface area contributed by atoms with Crippen molar-refractivity contribution < 1.29 is 9.53 Å². The number of aliphatic imine (C=N–C) groups is 1. The average Bonchev–Trinajstić information content (AvgIpc) is 2.72. The third kappa shape index (κ3) is 5.11. The number of rotatable bonds is 7. The summed E-state index contributed by atoms with van der Waals surface area (Å²) in [4.78, 5) is 21.0. The molecule has 1 heterocycles. The highest BCUT2D eigenvalue weighted by Gasteiger charge is 2.11. The van der Waals surface area contributed by atoms with Crippen LogP contribution < -0.4 is 0 Å². The van der Waals surface area contributed by atoms with Gasteiger partial charge in [0.2, 0.25) is 0 Å². The Hall–Kier alpha value is -3.27. The van der Waals surface area contributed by atoms with Crippen LogP contribution in [0.5, 0.6) is 0 Å². The lowest BCUT2D eigenvalue weighted by Crippen LogP contribution is -2.06. The number of hydrogen-bond donors (Lipinski definition) is 0. The molecule has 0 radical (unpaired) electrons. The lowest BCUT2D eigenvalue weighted by molar-refractivity contribution is -0.143. The first-order chi connectivity index (χ1) is 13.3. The van der Waals surface area contributed by atoms with E-state index in [1.54, 1.807) is 6.20 Å². The van der Waals surface area contributed by atoms with Crippen LogP contribution in [0.15, 0.2) is 84.0 Å². The molecular formula is C23H22N2O2. The first-order valence-corrected chi connectivity index (χ1v) is 9.07. The third-order valence-electron chi connectivity index (χ3n) is 4.08. The SMILES string of the molecule is CCOC(=O)CCc1cccnc1N=C(c1ccccc1)c1ccccc1. The Morgan fingerprint density at radius 2 is 1.56 bits per heavy atom. The van der Waals surface area contributed by atoms with Crippen LogP contribution in [0.25, 0.3) is 0 Å². The molecule has 136 valence electrons. The average molecular weight is 358 g/mol. The highest BCUT2D eigenvalue weighted by Crippen LogP contribution is 2.21. The van der Waals surface area contributed by atoms with Crippen LogP contribution in [0.1, 0.15) is 30.0 Å².